The van der Waals surface area contributed by atoms with Crippen LogP contribution in [-0.2, 0) is 24.2 Å². The summed E-state index contributed by atoms with van der Waals surface area (Å²) in [5, 5.41) is 17.9. The highest BCUT2D eigenvalue weighted by Crippen LogP contribution is 2.39. The molecule has 7 heteroatoms. The van der Waals surface area contributed by atoms with E-state index in [9.17, 15) is 14.7 Å². The van der Waals surface area contributed by atoms with E-state index < -0.39 is 12.1 Å². The second-order valence-corrected chi connectivity index (χ2v) is 11.5. The number of carboxylic acid groups (broad SMARTS) is 1. The number of hydrogen-bond acceptors (Lipinski definition) is 6. The van der Waals surface area contributed by atoms with Crippen LogP contribution in [0, 0.1) is 0 Å². The SMILES string of the molecule is CCCCc1oc2ccccc2c1C(=O)NCc1ccc2c(-c3ccc(OC)cc3)c(OC(Cc3ccccc3)C(=O)[O-])ccc2c1. The van der Waals surface area contributed by atoms with Gasteiger partial charge in [0.15, 0.2) is 0 Å². The average Bonchev–Trinajstić information content (AvgIpc) is 3.48. The lowest BCUT2D eigenvalue weighted by Gasteiger charge is -2.23. The first kappa shape index (κ1) is 31.4. The second kappa shape index (κ2) is 14.3. The zero-order valence-corrected chi connectivity index (χ0v) is 26.5. The molecule has 0 fully saturated rings. The van der Waals surface area contributed by atoms with E-state index in [0.717, 1.165) is 51.3 Å². The zero-order valence-electron chi connectivity index (χ0n) is 26.5. The van der Waals surface area contributed by atoms with Gasteiger partial charge in [-0.15, -0.1) is 0 Å². The first-order valence-electron chi connectivity index (χ1n) is 15.8. The summed E-state index contributed by atoms with van der Waals surface area (Å²) in [5.74, 6) is 0.386. The van der Waals surface area contributed by atoms with Gasteiger partial charge in [0, 0.05) is 30.3 Å². The minimum Gasteiger partial charge on any atom is -0.546 e. The Morgan fingerprint density at radius 1 is 0.851 bits per heavy atom. The number of carbonyl (C=O) groups excluding carboxylic acids is 2. The van der Waals surface area contributed by atoms with Gasteiger partial charge >= 0.3 is 0 Å². The molecule has 1 heterocycles. The number of ether oxygens (including phenoxy) is 2. The molecule has 0 bridgehead atoms. The molecule has 0 spiro atoms. The number of furan rings is 1. The van der Waals surface area contributed by atoms with E-state index >= 15 is 0 Å². The maximum absolute atomic E-state index is 13.5. The Bertz CT molecular complexity index is 2010. The molecule has 1 N–H and O–H groups in total. The predicted molar refractivity (Wildman–Crippen MR) is 182 cm³/mol. The van der Waals surface area contributed by atoms with Crippen LogP contribution in [0.25, 0.3) is 32.9 Å². The van der Waals surface area contributed by atoms with E-state index in [2.05, 4.69) is 12.2 Å². The van der Waals surface area contributed by atoms with Gasteiger partial charge < -0.3 is 29.1 Å². The first-order valence-corrected chi connectivity index (χ1v) is 15.8. The van der Waals surface area contributed by atoms with Crippen LogP contribution >= 0.6 is 0 Å². The van der Waals surface area contributed by atoms with Crippen LogP contribution < -0.4 is 19.9 Å². The van der Waals surface area contributed by atoms with Gasteiger partial charge in [-0.05, 0) is 64.2 Å². The molecule has 1 atom stereocenters. The lowest BCUT2D eigenvalue weighted by molar-refractivity contribution is -0.313. The summed E-state index contributed by atoms with van der Waals surface area (Å²) in [6.45, 7) is 2.44. The number of aryl methyl sites for hydroxylation is 1. The van der Waals surface area contributed by atoms with Gasteiger partial charge in [-0.25, -0.2) is 0 Å². The highest BCUT2D eigenvalue weighted by Gasteiger charge is 2.21. The molecule has 0 aliphatic heterocycles. The minimum atomic E-state index is -1.29. The Morgan fingerprint density at radius 2 is 1.62 bits per heavy atom. The van der Waals surface area contributed by atoms with Crippen molar-refractivity contribution in [2.75, 3.05) is 7.11 Å². The van der Waals surface area contributed by atoms with Crippen LogP contribution in [0.2, 0.25) is 0 Å². The Labute approximate surface area is 273 Å². The Morgan fingerprint density at radius 3 is 2.36 bits per heavy atom. The summed E-state index contributed by atoms with van der Waals surface area (Å²) < 4.78 is 17.6. The maximum atomic E-state index is 13.5. The third-order valence-corrected chi connectivity index (χ3v) is 8.33. The molecule has 1 amide bonds. The van der Waals surface area contributed by atoms with Crippen molar-refractivity contribution in [3.8, 4) is 22.6 Å². The van der Waals surface area contributed by atoms with Crippen molar-refractivity contribution in [1.82, 2.24) is 5.32 Å². The predicted octanol–water partition coefficient (Wildman–Crippen LogP) is 7.27. The van der Waals surface area contributed by atoms with Crippen molar-refractivity contribution in [3.63, 3.8) is 0 Å². The molecule has 0 radical (unpaired) electrons. The number of carboxylic acids is 1. The molecule has 1 aromatic heterocycles. The van der Waals surface area contributed by atoms with Gasteiger partial charge in [-0.2, -0.15) is 0 Å². The summed E-state index contributed by atoms with van der Waals surface area (Å²) in [6.07, 6.45) is 1.60. The number of methoxy groups -OCH3 is 1. The summed E-state index contributed by atoms with van der Waals surface area (Å²) in [4.78, 5) is 25.7. The molecular weight excluding hydrogens is 590 g/mol. The van der Waals surface area contributed by atoms with Crippen LogP contribution in [-0.4, -0.2) is 25.1 Å². The lowest BCUT2D eigenvalue weighted by atomic mass is 9.95. The van der Waals surface area contributed by atoms with Crippen LogP contribution in [0.15, 0.2) is 114 Å². The summed E-state index contributed by atoms with van der Waals surface area (Å²) in [5.41, 5.74) is 4.65. The number of unbranched alkanes of at least 4 members (excludes halogenated alkanes) is 1. The van der Waals surface area contributed by atoms with Gasteiger partial charge in [-0.1, -0.05) is 92.2 Å². The van der Waals surface area contributed by atoms with E-state index in [-0.39, 0.29) is 12.3 Å². The van der Waals surface area contributed by atoms with Crippen LogP contribution in [0.1, 0.15) is 47.0 Å². The van der Waals surface area contributed by atoms with Crippen molar-refractivity contribution in [3.05, 3.63) is 132 Å². The average molecular weight is 627 g/mol. The molecule has 238 valence electrons. The molecule has 6 rings (SSSR count). The molecule has 5 aromatic carbocycles. The number of nitrogens with one attached hydrogen (secondary N) is 1. The fraction of sp³-hybridized carbons (Fsp3) is 0.200. The Kier molecular flexibility index (Phi) is 9.53. The smallest absolute Gasteiger partial charge is 0.255 e. The third kappa shape index (κ3) is 6.99. The summed E-state index contributed by atoms with van der Waals surface area (Å²) in [7, 11) is 1.61. The molecule has 0 aliphatic rings. The van der Waals surface area contributed by atoms with Crippen molar-refractivity contribution in [2.24, 2.45) is 0 Å². The topological polar surface area (TPSA) is 101 Å². The number of aliphatic carboxylic acids is 1. The molecule has 47 heavy (non-hydrogen) atoms. The van der Waals surface area contributed by atoms with Crippen molar-refractivity contribution < 1.29 is 28.6 Å². The normalized spacial score (nSPS) is 11.8. The molecule has 0 aliphatic carbocycles. The number of amides is 1. The van der Waals surface area contributed by atoms with Crippen LogP contribution in [0.5, 0.6) is 11.5 Å². The maximum Gasteiger partial charge on any atom is 0.255 e. The third-order valence-electron chi connectivity index (χ3n) is 8.33. The largest absolute Gasteiger partial charge is 0.546 e. The standard InChI is InChI=1S/C40H37NO6/c1-3-4-13-34-38(32-12-8-9-14-33(32)46-34)39(42)41-25-27-15-21-31-29(23-27)18-22-35(37(31)28-16-19-30(45-2)20-17-28)47-36(40(43)44)24-26-10-6-5-7-11-26/h5-12,14-23,36H,3-4,13,24-25H2,1-2H3,(H,41,42)(H,43,44)/p-1. The Hall–Kier alpha value is -5.56. The van der Waals surface area contributed by atoms with Gasteiger partial charge in [0.1, 0.15) is 28.9 Å². The first-order chi connectivity index (χ1) is 22.9. The number of benzene rings is 5. The number of rotatable bonds is 13. The molecule has 0 saturated carbocycles. The van der Waals surface area contributed by atoms with Crippen LogP contribution in [0.4, 0.5) is 0 Å². The van der Waals surface area contributed by atoms with E-state index in [0.29, 0.717) is 41.4 Å². The van der Waals surface area contributed by atoms with Gasteiger partial charge in [-0.3, -0.25) is 4.79 Å². The quantitative estimate of drug-likeness (QED) is 0.145. The van der Waals surface area contributed by atoms with E-state index in [4.69, 9.17) is 13.9 Å². The van der Waals surface area contributed by atoms with Crippen molar-refractivity contribution in [1.29, 1.82) is 0 Å². The molecular formula is C40H36NO6-. The summed E-state index contributed by atoms with van der Waals surface area (Å²) >= 11 is 0. The van der Waals surface area contributed by atoms with Crippen LogP contribution in [0.3, 0.4) is 0 Å². The highest BCUT2D eigenvalue weighted by molar-refractivity contribution is 6.07. The van der Waals surface area contributed by atoms with E-state index in [1.807, 2.05) is 103 Å². The second-order valence-electron chi connectivity index (χ2n) is 11.5. The molecule has 7 nitrogen and oxygen atoms in total. The van der Waals surface area contributed by atoms with Crippen molar-refractivity contribution in [2.45, 2.75) is 45.3 Å². The number of hydrogen-bond donors (Lipinski definition) is 1. The number of fused-ring (bicyclic) bond motifs is 2. The number of para-hydroxylation sites is 1. The molecule has 0 saturated heterocycles. The van der Waals surface area contributed by atoms with E-state index in [1.165, 1.54) is 0 Å². The Balaban J connectivity index is 1.31. The van der Waals surface area contributed by atoms with Gasteiger partial charge in [0.2, 0.25) is 0 Å². The van der Waals surface area contributed by atoms with Gasteiger partial charge in [0.25, 0.3) is 5.91 Å². The molecule has 1 unspecified atom stereocenters. The van der Waals surface area contributed by atoms with E-state index in [1.54, 1.807) is 13.2 Å². The zero-order chi connectivity index (χ0) is 32.8. The highest BCUT2D eigenvalue weighted by atomic mass is 16.5. The summed E-state index contributed by atoms with van der Waals surface area (Å²) in [6, 6.07) is 34.2. The lowest BCUT2D eigenvalue weighted by Crippen LogP contribution is -2.41. The monoisotopic (exact) mass is 626 g/mol. The molecule has 6 aromatic rings. The van der Waals surface area contributed by atoms with Crippen molar-refractivity contribution >= 4 is 33.6 Å². The minimum absolute atomic E-state index is 0.161. The van der Waals surface area contributed by atoms with Gasteiger partial charge in [0.05, 0.1) is 18.6 Å². The number of carbonyl (C=O) groups is 2. The fourth-order valence-corrected chi connectivity index (χ4v) is 5.91. The fourth-order valence-electron chi connectivity index (χ4n) is 5.91.